The Morgan fingerprint density at radius 2 is 1.84 bits per heavy atom. The Hall–Kier alpha value is -0.470. The van der Waals surface area contributed by atoms with Crippen LogP contribution < -0.4 is 0 Å². The van der Waals surface area contributed by atoms with E-state index in [1.165, 1.54) is 37.0 Å². The quantitative estimate of drug-likeness (QED) is 0.761. The van der Waals surface area contributed by atoms with Gasteiger partial charge in [-0.05, 0) is 41.7 Å². The van der Waals surface area contributed by atoms with Crippen molar-refractivity contribution in [2.24, 2.45) is 11.8 Å². The smallest absolute Gasteiger partial charge is 0.0820 e. The first kappa shape index (κ1) is 14.9. The summed E-state index contributed by atoms with van der Waals surface area (Å²) in [5.41, 5.74) is 1.10. The maximum absolute atomic E-state index is 10.7. The standard InChI is InChI=1S/C17H26OS/c1-3-13-7-5-6-8-16(13)17(18)14-9-11-15(12-10-14)19-4-2/h9-13,16-18H,3-8H2,1-2H3. The molecule has 19 heavy (non-hydrogen) atoms. The summed E-state index contributed by atoms with van der Waals surface area (Å²) < 4.78 is 0. The van der Waals surface area contributed by atoms with Crippen molar-refractivity contribution in [1.29, 1.82) is 0 Å². The van der Waals surface area contributed by atoms with Crippen LogP contribution in [0, 0.1) is 11.8 Å². The van der Waals surface area contributed by atoms with Gasteiger partial charge < -0.3 is 5.11 Å². The Morgan fingerprint density at radius 1 is 1.16 bits per heavy atom. The third kappa shape index (κ3) is 3.76. The van der Waals surface area contributed by atoms with Gasteiger partial charge in [-0.3, -0.25) is 0 Å². The van der Waals surface area contributed by atoms with Gasteiger partial charge in [0, 0.05) is 4.90 Å². The molecule has 2 heteroatoms. The highest BCUT2D eigenvalue weighted by atomic mass is 32.2. The highest BCUT2D eigenvalue weighted by Crippen LogP contribution is 2.40. The van der Waals surface area contributed by atoms with Gasteiger partial charge in [0.15, 0.2) is 0 Å². The monoisotopic (exact) mass is 278 g/mol. The molecule has 1 N–H and O–H groups in total. The first-order valence-electron chi connectivity index (χ1n) is 7.67. The predicted molar refractivity (Wildman–Crippen MR) is 83.5 cm³/mol. The molecule has 1 aromatic rings. The molecule has 0 heterocycles. The zero-order valence-electron chi connectivity index (χ0n) is 12.1. The van der Waals surface area contributed by atoms with Crippen LogP contribution in [0.5, 0.6) is 0 Å². The lowest BCUT2D eigenvalue weighted by molar-refractivity contribution is 0.0452. The molecule has 1 nitrogen and oxygen atoms in total. The van der Waals surface area contributed by atoms with Crippen LogP contribution in [-0.2, 0) is 0 Å². The number of benzene rings is 1. The lowest BCUT2D eigenvalue weighted by Gasteiger charge is -2.34. The molecular weight excluding hydrogens is 252 g/mol. The normalized spacial score (nSPS) is 25.2. The Labute approximate surface area is 121 Å². The summed E-state index contributed by atoms with van der Waals surface area (Å²) >= 11 is 1.85. The Kier molecular flexibility index (Phi) is 5.77. The molecule has 3 unspecified atom stereocenters. The summed E-state index contributed by atoms with van der Waals surface area (Å²) in [6, 6.07) is 8.53. The zero-order chi connectivity index (χ0) is 13.7. The average molecular weight is 278 g/mol. The molecular formula is C17H26OS. The molecule has 0 spiro atoms. The Balaban J connectivity index is 2.06. The molecule has 0 aliphatic heterocycles. The van der Waals surface area contributed by atoms with Gasteiger partial charge in [-0.25, -0.2) is 0 Å². The fraction of sp³-hybridized carbons (Fsp3) is 0.647. The molecule has 0 saturated heterocycles. The summed E-state index contributed by atoms with van der Waals surface area (Å²) in [7, 11) is 0. The fourth-order valence-electron chi connectivity index (χ4n) is 3.33. The molecule has 0 aromatic heterocycles. The van der Waals surface area contributed by atoms with Crippen molar-refractivity contribution >= 4 is 11.8 Å². The summed E-state index contributed by atoms with van der Waals surface area (Å²) in [6.07, 6.45) is 6.03. The minimum atomic E-state index is -0.272. The maximum atomic E-state index is 10.7. The van der Waals surface area contributed by atoms with Gasteiger partial charge in [0.25, 0.3) is 0 Å². The van der Waals surface area contributed by atoms with Crippen molar-refractivity contribution in [2.45, 2.75) is 57.0 Å². The van der Waals surface area contributed by atoms with Crippen LogP contribution in [0.25, 0.3) is 0 Å². The zero-order valence-corrected chi connectivity index (χ0v) is 13.0. The van der Waals surface area contributed by atoms with E-state index in [-0.39, 0.29) is 6.10 Å². The van der Waals surface area contributed by atoms with E-state index in [1.807, 2.05) is 11.8 Å². The van der Waals surface area contributed by atoms with Crippen LogP contribution in [0.4, 0.5) is 0 Å². The van der Waals surface area contributed by atoms with E-state index in [4.69, 9.17) is 0 Å². The van der Waals surface area contributed by atoms with Gasteiger partial charge >= 0.3 is 0 Å². The van der Waals surface area contributed by atoms with E-state index < -0.39 is 0 Å². The highest BCUT2D eigenvalue weighted by molar-refractivity contribution is 7.99. The molecule has 1 aromatic carbocycles. The largest absolute Gasteiger partial charge is 0.388 e. The Bertz CT molecular complexity index is 373. The average Bonchev–Trinajstić information content (AvgIpc) is 2.47. The lowest BCUT2D eigenvalue weighted by Crippen LogP contribution is -2.25. The van der Waals surface area contributed by atoms with E-state index in [0.29, 0.717) is 11.8 Å². The molecule has 0 amide bonds. The molecule has 3 atom stereocenters. The first-order valence-corrected chi connectivity index (χ1v) is 8.65. The van der Waals surface area contributed by atoms with E-state index in [9.17, 15) is 5.11 Å². The van der Waals surface area contributed by atoms with Crippen LogP contribution in [-0.4, -0.2) is 10.9 Å². The Morgan fingerprint density at radius 3 is 2.47 bits per heavy atom. The predicted octanol–water partition coefficient (Wildman–Crippen LogP) is 5.05. The van der Waals surface area contributed by atoms with Crippen molar-refractivity contribution in [3.63, 3.8) is 0 Å². The lowest BCUT2D eigenvalue weighted by atomic mass is 9.73. The van der Waals surface area contributed by atoms with Crippen molar-refractivity contribution in [2.75, 3.05) is 5.75 Å². The van der Waals surface area contributed by atoms with Gasteiger partial charge in [0.1, 0.15) is 0 Å². The van der Waals surface area contributed by atoms with Crippen LogP contribution >= 0.6 is 11.8 Å². The van der Waals surface area contributed by atoms with Crippen LogP contribution in [0.3, 0.4) is 0 Å². The van der Waals surface area contributed by atoms with Gasteiger partial charge in [-0.2, -0.15) is 0 Å². The summed E-state index contributed by atoms with van der Waals surface area (Å²) in [6.45, 7) is 4.43. The molecule has 2 rings (SSSR count). The highest BCUT2D eigenvalue weighted by Gasteiger charge is 2.30. The van der Waals surface area contributed by atoms with Crippen molar-refractivity contribution < 1.29 is 5.11 Å². The van der Waals surface area contributed by atoms with Gasteiger partial charge in [0.05, 0.1) is 6.10 Å². The van der Waals surface area contributed by atoms with Crippen LogP contribution in [0.15, 0.2) is 29.2 Å². The van der Waals surface area contributed by atoms with E-state index in [1.54, 1.807) is 0 Å². The first-order chi connectivity index (χ1) is 9.26. The molecule has 106 valence electrons. The summed E-state index contributed by atoms with van der Waals surface area (Å²) in [4.78, 5) is 1.30. The van der Waals surface area contributed by atoms with Crippen LogP contribution in [0.2, 0.25) is 0 Å². The van der Waals surface area contributed by atoms with Gasteiger partial charge in [-0.1, -0.05) is 51.7 Å². The fourth-order valence-corrected chi connectivity index (χ4v) is 4.00. The van der Waals surface area contributed by atoms with Crippen LogP contribution in [0.1, 0.15) is 57.6 Å². The van der Waals surface area contributed by atoms with Gasteiger partial charge in [0.2, 0.25) is 0 Å². The van der Waals surface area contributed by atoms with E-state index >= 15 is 0 Å². The summed E-state index contributed by atoms with van der Waals surface area (Å²) in [5.74, 6) is 2.26. The molecule has 1 aliphatic carbocycles. The van der Waals surface area contributed by atoms with Crippen molar-refractivity contribution in [3.05, 3.63) is 29.8 Å². The topological polar surface area (TPSA) is 20.2 Å². The second-order valence-electron chi connectivity index (χ2n) is 5.56. The third-order valence-corrected chi connectivity index (χ3v) is 5.32. The van der Waals surface area contributed by atoms with Crippen molar-refractivity contribution in [3.8, 4) is 0 Å². The minimum Gasteiger partial charge on any atom is -0.388 e. The SMILES string of the molecule is CCSc1ccc(C(O)C2CCCCC2CC)cc1. The maximum Gasteiger partial charge on any atom is 0.0820 e. The number of hydrogen-bond donors (Lipinski definition) is 1. The molecule has 1 saturated carbocycles. The number of aliphatic hydroxyl groups is 1. The van der Waals surface area contributed by atoms with Gasteiger partial charge in [-0.15, -0.1) is 11.8 Å². The second-order valence-corrected chi connectivity index (χ2v) is 6.90. The summed E-state index contributed by atoms with van der Waals surface area (Å²) in [5, 5.41) is 10.7. The molecule has 0 bridgehead atoms. The van der Waals surface area contributed by atoms with E-state index in [0.717, 1.165) is 11.3 Å². The number of hydrogen-bond acceptors (Lipinski definition) is 2. The number of aliphatic hydroxyl groups excluding tert-OH is 1. The second kappa shape index (κ2) is 7.35. The molecule has 1 fully saturated rings. The number of thioether (sulfide) groups is 1. The number of rotatable bonds is 5. The molecule has 0 radical (unpaired) electrons. The minimum absolute atomic E-state index is 0.272. The van der Waals surface area contributed by atoms with E-state index in [2.05, 4.69) is 38.1 Å². The third-order valence-electron chi connectivity index (χ3n) is 4.43. The molecule has 1 aliphatic rings. The van der Waals surface area contributed by atoms with Crippen molar-refractivity contribution in [1.82, 2.24) is 0 Å².